The number of nitrogens with one attached hydrogen (secondary N) is 2. The van der Waals surface area contributed by atoms with Crippen molar-refractivity contribution in [3.63, 3.8) is 0 Å². The van der Waals surface area contributed by atoms with Gasteiger partial charge in [0.15, 0.2) is 6.61 Å². The fraction of sp³-hybridized carbons (Fsp3) is 0.429. The summed E-state index contributed by atoms with van der Waals surface area (Å²) in [4.78, 5) is 24.2. The Morgan fingerprint density at radius 3 is 2.77 bits per heavy atom. The summed E-state index contributed by atoms with van der Waals surface area (Å²) in [5.41, 5.74) is 0.345. The van der Waals surface area contributed by atoms with Crippen molar-refractivity contribution in [3.05, 3.63) is 42.4 Å². The molecule has 1 saturated heterocycles. The SMILES string of the molecule is C[C@@H](Cc1ccco1)NC(=O)C1CCN(S(=O)(=O)c2ccc3c(c2)NC(=O)CO3)CC1. The average Bonchev–Trinajstić information content (AvgIpc) is 3.26. The Morgan fingerprint density at radius 1 is 1.29 bits per heavy atom. The second-order valence-corrected chi connectivity index (χ2v) is 9.80. The largest absolute Gasteiger partial charge is 0.482 e. The fourth-order valence-electron chi connectivity index (χ4n) is 3.87. The minimum atomic E-state index is -3.74. The van der Waals surface area contributed by atoms with Crippen LogP contribution in [-0.4, -0.2) is 50.3 Å². The Hall–Kier alpha value is -2.85. The molecule has 1 atom stereocenters. The van der Waals surface area contributed by atoms with Crippen molar-refractivity contribution in [3.8, 4) is 5.75 Å². The molecule has 2 aliphatic heterocycles. The number of amides is 2. The first-order valence-corrected chi connectivity index (χ1v) is 11.7. The zero-order valence-corrected chi connectivity index (χ0v) is 18.0. The number of hydrogen-bond acceptors (Lipinski definition) is 6. The Bertz CT molecular complexity index is 1060. The summed E-state index contributed by atoms with van der Waals surface area (Å²) >= 11 is 0. The highest BCUT2D eigenvalue weighted by Crippen LogP contribution is 2.32. The average molecular weight is 448 g/mol. The lowest BCUT2D eigenvalue weighted by Crippen LogP contribution is -2.45. The third-order valence-electron chi connectivity index (χ3n) is 5.52. The van der Waals surface area contributed by atoms with Crippen LogP contribution in [0.1, 0.15) is 25.5 Å². The van der Waals surface area contributed by atoms with Crippen LogP contribution in [0, 0.1) is 5.92 Å². The summed E-state index contributed by atoms with van der Waals surface area (Å²) in [5, 5.41) is 5.61. The summed E-state index contributed by atoms with van der Waals surface area (Å²) in [5.74, 6) is 0.625. The van der Waals surface area contributed by atoms with E-state index in [9.17, 15) is 18.0 Å². The summed E-state index contributed by atoms with van der Waals surface area (Å²) in [6, 6.07) is 8.03. The van der Waals surface area contributed by atoms with E-state index in [0.29, 0.717) is 30.7 Å². The van der Waals surface area contributed by atoms with Gasteiger partial charge >= 0.3 is 0 Å². The van der Waals surface area contributed by atoms with Crippen LogP contribution in [0.5, 0.6) is 5.75 Å². The third kappa shape index (κ3) is 4.75. The molecule has 0 radical (unpaired) electrons. The minimum Gasteiger partial charge on any atom is -0.482 e. The number of nitrogens with zero attached hydrogens (tertiary/aromatic N) is 1. The van der Waals surface area contributed by atoms with E-state index in [2.05, 4.69) is 10.6 Å². The molecule has 1 aromatic heterocycles. The number of hydrogen-bond donors (Lipinski definition) is 2. The molecular weight excluding hydrogens is 422 g/mol. The van der Waals surface area contributed by atoms with Crippen molar-refractivity contribution < 1.29 is 27.2 Å². The monoisotopic (exact) mass is 447 g/mol. The van der Waals surface area contributed by atoms with Gasteiger partial charge in [-0.1, -0.05) is 0 Å². The quantitative estimate of drug-likeness (QED) is 0.697. The molecule has 0 aliphatic carbocycles. The van der Waals surface area contributed by atoms with Crippen LogP contribution in [-0.2, 0) is 26.0 Å². The fourth-order valence-corrected chi connectivity index (χ4v) is 5.37. The maximum absolute atomic E-state index is 13.0. The number of carbonyl (C=O) groups excluding carboxylic acids is 2. The van der Waals surface area contributed by atoms with E-state index in [0.717, 1.165) is 5.76 Å². The van der Waals surface area contributed by atoms with Gasteiger partial charge in [0.1, 0.15) is 11.5 Å². The van der Waals surface area contributed by atoms with Crippen molar-refractivity contribution in [2.75, 3.05) is 25.0 Å². The smallest absolute Gasteiger partial charge is 0.262 e. The lowest BCUT2D eigenvalue weighted by atomic mass is 9.96. The number of rotatable bonds is 6. The van der Waals surface area contributed by atoms with Gasteiger partial charge in [-0.05, 0) is 50.1 Å². The molecule has 31 heavy (non-hydrogen) atoms. The van der Waals surface area contributed by atoms with Gasteiger partial charge in [0.25, 0.3) is 5.91 Å². The Kier molecular flexibility index (Phi) is 6.01. The third-order valence-corrected chi connectivity index (χ3v) is 7.42. The van der Waals surface area contributed by atoms with Crippen LogP contribution in [0.15, 0.2) is 45.9 Å². The van der Waals surface area contributed by atoms with Gasteiger partial charge < -0.3 is 19.8 Å². The lowest BCUT2D eigenvalue weighted by molar-refractivity contribution is -0.126. The van der Waals surface area contributed by atoms with Gasteiger partial charge in [0.2, 0.25) is 15.9 Å². The highest BCUT2D eigenvalue weighted by molar-refractivity contribution is 7.89. The van der Waals surface area contributed by atoms with Crippen molar-refractivity contribution in [2.24, 2.45) is 5.92 Å². The van der Waals surface area contributed by atoms with Gasteiger partial charge in [-0.3, -0.25) is 9.59 Å². The first-order valence-electron chi connectivity index (χ1n) is 10.2. The van der Waals surface area contributed by atoms with Gasteiger partial charge in [0.05, 0.1) is 16.8 Å². The predicted octanol–water partition coefficient (Wildman–Crippen LogP) is 1.76. The van der Waals surface area contributed by atoms with Crippen molar-refractivity contribution >= 4 is 27.5 Å². The maximum atomic E-state index is 13.0. The van der Waals surface area contributed by atoms with Crippen LogP contribution in [0.4, 0.5) is 5.69 Å². The van der Waals surface area contributed by atoms with Crippen molar-refractivity contribution in [1.82, 2.24) is 9.62 Å². The van der Waals surface area contributed by atoms with Crippen molar-refractivity contribution in [2.45, 2.75) is 37.1 Å². The van der Waals surface area contributed by atoms with Crippen LogP contribution >= 0.6 is 0 Å². The molecule has 4 rings (SSSR count). The number of furan rings is 1. The number of piperidine rings is 1. The van der Waals surface area contributed by atoms with Crippen LogP contribution in [0.25, 0.3) is 0 Å². The number of benzene rings is 1. The highest BCUT2D eigenvalue weighted by atomic mass is 32.2. The summed E-state index contributed by atoms with van der Waals surface area (Å²) in [6.45, 7) is 2.34. The second kappa shape index (κ2) is 8.72. The number of carbonyl (C=O) groups is 2. The van der Waals surface area contributed by atoms with E-state index in [1.165, 1.54) is 16.4 Å². The molecule has 10 heteroatoms. The first kappa shape index (κ1) is 21.4. The van der Waals surface area contributed by atoms with E-state index in [4.69, 9.17) is 9.15 Å². The molecule has 1 fully saturated rings. The maximum Gasteiger partial charge on any atom is 0.262 e. The molecule has 166 valence electrons. The lowest BCUT2D eigenvalue weighted by Gasteiger charge is -2.31. The molecule has 0 bridgehead atoms. The molecule has 2 N–H and O–H groups in total. The van der Waals surface area contributed by atoms with Crippen LogP contribution < -0.4 is 15.4 Å². The minimum absolute atomic E-state index is 0.0650. The molecule has 2 aliphatic rings. The number of sulfonamides is 1. The van der Waals surface area contributed by atoms with Gasteiger partial charge in [-0.25, -0.2) is 8.42 Å². The Morgan fingerprint density at radius 2 is 2.06 bits per heavy atom. The molecule has 1 aromatic carbocycles. The summed E-state index contributed by atoms with van der Waals surface area (Å²) < 4.78 is 38.1. The molecule has 3 heterocycles. The molecule has 0 saturated carbocycles. The number of ether oxygens (including phenoxy) is 1. The molecule has 0 spiro atoms. The molecule has 2 aromatic rings. The second-order valence-electron chi connectivity index (χ2n) is 7.87. The summed E-state index contributed by atoms with van der Waals surface area (Å²) in [7, 11) is -3.74. The Labute approximate surface area is 180 Å². The van der Waals surface area contributed by atoms with Crippen LogP contribution in [0.3, 0.4) is 0 Å². The molecular formula is C21H25N3O6S. The van der Waals surface area contributed by atoms with E-state index < -0.39 is 10.0 Å². The normalized spacial score (nSPS) is 18.5. The molecule has 0 unspecified atom stereocenters. The van der Waals surface area contributed by atoms with E-state index >= 15 is 0 Å². The highest BCUT2D eigenvalue weighted by Gasteiger charge is 2.33. The summed E-state index contributed by atoms with van der Waals surface area (Å²) in [6.07, 6.45) is 3.10. The zero-order valence-electron chi connectivity index (χ0n) is 17.2. The standard InChI is InChI=1S/C21H25N3O6S/c1-14(11-16-3-2-10-29-16)22-21(26)15-6-8-24(9-7-15)31(27,28)17-4-5-19-18(12-17)23-20(25)13-30-19/h2-5,10,12,14-15H,6-9,11,13H2,1H3,(H,22,26)(H,23,25)/t14-/m0/s1. The first-order chi connectivity index (χ1) is 14.8. The number of anilines is 1. The predicted molar refractivity (Wildman–Crippen MR) is 112 cm³/mol. The molecule has 2 amide bonds. The van der Waals surface area contributed by atoms with Gasteiger partial charge in [0, 0.05) is 31.5 Å². The van der Waals surface area contributed by atoms with E-state index in [-0.39, 0.29) is 48.4 Å². The van der Waals surface area contributed by atoms with Crippen molar-refractivity contribution in [1.29, 1.82) is 0 Å². The molecule has 9 nitrogen and oxygen atoms in total. The topological polar surface area (TPSA) is 118 Å². The number of fused-ring (bicyclic) bond motifs is 1. The van der Waals surface area contributed by atoms with Crippen LogP contribution in [0.2, 0.25) is 0 Å². The zero-order chi connectivity index (χ0) is 22.0. The van der Waals surface area contributed by atoms with E-state index in [1.807, 2.05) is 19.1 Å². The Balaban J connectivity index is 1.35. The van der Waals surface area contributed by atoms with E-state index in [1.54, 1.807) is 12.3 Å². The van der Waals surface area contributed by atoms with Gasteiger partial charge in [-0.2, -0.15) is 4.31 Å². The van der Waals surface area contributed by atoms with Gasteiger partial charge in [-0.15, -0.1) is 0 Å².